The van der Waals surface area contributed by atoms with Crippen molar-refractivity contribution in [2.24, 2.45) is 0 Å². The predicted molar refractivity (Wildman–Crippen MR) is 130 cm³/mol. The molecule has 0 atom stereocenters. The minimum atomic E-state index is -0.600. The molecule has 0 aliphatic carbocycles. The van der Waals surface area contributed by atoms with Crippen molar-refractivity contribution >= 4 is 34.7 Å². The van der Waals surface area contributed by atoms with E-state index in [4.69, 9.17) is 11.2 Å². The number of amides is 1. The van der Waals surface area contributed by atoms with Gasteiger partial charge in [0, 0.05) is 31.0 Å². The summed E-state index contributed by atoms with van der Waals surface area (Å²) in [6, 6.07) is 9.41. The van der Waals surface area contributed by atoms with Gasteiger partial charge < -0.3 is 15.4 Å². The van der Waals surface area contributed by atoms with Gasteiger partial charge in [-0.1, -0.05) is 12.0 Å². The molecule has 1 saturated heterocycles. The molecule has 1 aliphatic heterocycles. The van der Waals surface area contributed by atoms with Gasteiger partial charge in [-0.15, -0.1) is 17.8 Å². The monoisotopic (exact) mass is 465 g/mol. The van der Waals surface area contributed by atoms with E-state index in [0.717, 1.165) is 42.4 Å². The number of carbonyl (C=O) groups is 1. The topological polar surface area (TPSA) is 99.4 Å². The highest BCUT2D eigenvalue weighted by Gasteiger charge is 2.15. The van der Waals surface area contributed by atoms with Crippen LogP contribution in [0.15, 0.2) is 29.1 Å². The Labute approximate surface area is 196 Å². The van der Waals surface area contributed by atoms with Crippen molar-refractivity contribution in [1.29, 1.82) is 5.26 Å². The number of likely N-dealkylation sites (tertiary alicyclic amines) is 1. The lowest BCUT2D eigenvalue weighted by Gasteiger charge is -2.15. The van der Waals surface area contributed by atoms with E-state index in [-0.39, 0.29) is 17.7 Å². The van der Waals surface area contributed by atoms with Crippen LogP contribution < -0.4 is 30.1 Å². The average Bonchev–Trinajstić information content (AvgIpc) is 3.45. The van der Waals surface area contributed by atoms with Crippen LogP contribution in [0.4, 0.5) is 5.69 Å². The van der Waals surface area contributed by atoms with Gasteiger partial charge in [-0.05, 0) is 45.0 Å². The highest BCUT2D eigenvalue weighted by Crippen LogP contribution is 2.17. The molecule has 8 nitrogen and oxygen atoms in total. The number of anilines is 1. The lowest BCUT2D eigenvalue weighted by molar-refractivity contribution is -0.115. The summed E-state index contributed by atoms with van der Waals surface area (Å²) < 4.78 is 7.96. The number of thiazole rings is 1. The fourth-order valence-electron chi connectivity index (χ4n) is 3.53. The van der Waals surface area contributed by atoms with E-state index in [2.05, 4.69) is 21.5 Å². The van der Waals surface area contributed by atoms with Crippen molar-refractivity contribution in [2.45, 2.75) is 26.3 Å². The Bertz CT molecular complexity index is 1240. The maximum Gasteiger partial charge on any atom is 0.270 e. The molecule has 1 aromatic heterocycles. The van der Waals surface area contributed by atoms with Gasteiger partial charge >= 0.3 is 0 Å². The normalized spacial score (nSPS) is 14.9. The van der Waals surface area contributed by atoms with E-state index in [1.807, 2.05) is 30.3 Å². The van der Waals surface area contributed by atoms with E-state index in [1.165, 1.54) is 17.4 Å². The molecule has 0 unspecified atom stereocenters. The first kappa shape index (κ1) is 24.1. The van der Waals surface area contributed by atoms with Gasteiger partial charge in [0.05, 0.1) is 6.54 Å². The first-order valence-electron chi connectivity index (χ1n) is 10.8. The van der Waals surface area contributed by atoms with Gasteiger partial charge in [0.15, 0.2) is 5.57 Å². The van der Waals surface area contributed by atoms with E-state index in [0.29, 0.717) is 22.3 Å². The van der Waals surface area contributed by atoms with Crippen molar-refractivity contribution < 1.29 is 9.53 Å². The Hall–Kier alpha value is -3.53. The second-order valence-electron chi connectivity index (χ2n) is 7.41. The summed E-state index contributed by atoms with van der Waals surface area (Å²) in [6.07, 6.45) is 9.26. The van der Waals surface area contributed by atoms with Crippen LogP contribution in [0.3, 0.4) is 0 Å². The molecule has 1 fully saturated rings. The number of nitrogens with zero attached hydrogens (tertiary/aromatic N) is 3. The summed E-state index contributed by atoms with van der Waals surface area (Å²) in [5.74, 6) is 2.44. The van der Waals surface area contributed by atoms with E-state index in [9.17, 15) is 14.9 Å². The number of carbonyl (C=O) groups excluding carboxylic acids is 1. The first-order valence-corrected chi connectivity index (χ1v) is 11.7. The minimum absolute atomic E-state index is 0.00270. The number of hydrogen-bond acceptors (Lipinski definition) is 7. The number of hydrogen-bond donors (Lipinski definition) is 2. The quantitative estimate of drug-likeness (QED) is 0.529. The number of benzene rings is 1. The molecule has 2 heterocycles. The lowest BCUT2D eigenvalue weighted by Crippen LogP contribution is -2.34. The molecule has 1 aliphatic rings. The number of nitrogens with one attached hydrogen (secondary N) is 2. The fraction of sp³-hybridized carbons (Fsp3) is 0.375. The second kappa shape index (κ2) is 11.9. The Morgan fingerprint density at radius 2 is 2.15 bits per heavy atom. The number of terminal acetylenes is 1. The Balaban J connectivity index is 1.79. The molecule has 2 aromatic rings. The standard InChI is InChI=1S/C24H27N5O3S/c1-3-10-26-22(30)20(16-25)24-29(4-2)23(31)21(33-24)17-27-18-8-7-9-19(15-18)32-14-13-28-11-5-6-12-28/h1,7-9,15,17,27H,4-6,10-14H2,2H3,(H,26,30). The van der Waals surface area contributed by atoms with Crippen LogP contribution in [0, 0.1) is 23.7 Å². The third-order valence-electron chi connectivity index (χ3n) is 5.21. The Morgan fingerprint density at radius 1 is 1.36 bits per heavy atom. The maximum atomic E-state index is 12.8. The molecule has 0 bridgehead atoms. The SMILES string of the molecule is C#CCNC(=O)C(C#N)=c1sc(=CNc2cccc(OCCN3CCCC3)c2)c(=O)n1CC. The molecule has 9 heteroatoms. The molecule has 1 amide bonds. The van der Waals surface area contributed by atoms with E-state index < -0.39 is 5.91 Å². The zero-order valence-corrected chi connectivity index (χ0v) is 19.4. The molecule has 0 radical (unpaired) electrons. The molecule has 172 valence electrons. The van der Waals surface area contributed by atoms with Gasteiger partial charge in [-0.25, -0.2) is 0 Å². The summed E-state index contributed by atoms with van der Waals surface area (Å²) >= 11 is 1.08. The van der Waals surface area contributed by atoms with Crippen molar-refractivity contribution in [3.05, 3.63) is 43.8 Å². The highest BCUT2D eigenvalue weighted by molar-refractivity contribution is 7.07. The predicted octanol–water partition coefficient (Wildman–Crippen LogP) is 0.678. The van der Waals surface area contributed by atoms with Crippen molar-refractivity contribution in [3.8, 4) is 24.2 Å². The van der Waals surface area contributed by atoms with Crippen molar-refractivity contribution in [3.63, 3.8) is 0 Å². The van der Waals surface area contributed by atoms with Crippen LogP contribution in [-0.4, -0.2) is 48.2 Å². The summed E-state index contributed by atoms with van der Waals surface area (Å²) in [4.78, 5) is 27.5. The number of aromatic nitrogens is 1. The second-order valence-corrected chi connectivity index (χ2v) is 8.44. The van der Waals surface area contributed by atoms with Crippen LogP contribution in [0.1, 0.15) is 19.8 Å². The third kappa shape index (κ3) is 6.26. The van der Waals surface area contributed by atoms with Gasteiger partial charge in [0.1, 0.15) is 27.6 Å². The zero-order chi connectivity index (χ0) is 23.6. The van der Waals surface area contributed by atoms with Crippen LogP contribution in [0.2, 0.25) is 0 Å². The largest absolute Gasteiger partial charge is 0.492 e. The molecule has 2 N–H and O–H groups in total. The van der Waals surface area contributed by atoms with Crippen molar-refractivity contribution in [2.75, 3.05) is 38.1 Å². The summed E-state index contributed by atoms with van der Waals surface area (Å²) in [5.41, 5.74) is 0.352. The van der Waals surface area contributed by atoms with E-state index >= 15 is 0 Å². The van der Waals surface area contributed by atoms with E-state index in [1.54, 1.807) is 13.1 Å². The minimum Gasteiger partial charge on any atom is -0.492 e. The van der Waals surface area contributed by atoms with Gasteiger partial charge in [-0.2, -0.15) is 5.26 Å². The molecule has 0 spiro atoms. The van der Waals surface area contributed by atoms with Crippen LogP contribution >= 0.6 is 11.3 Å². The summed E-state index contributed by atoms with van der Waals surface area (Å²) in [5, 5.41) is 15.1. The molecular weight excluding hydrogens is 438 g/mol. The zero-order valence-electron chi connectivity index (χ0n) is 18.6. The highest BCUT2D eigenvalue weighted by atomic mass is 32.1. The molecular formula is C24H27N5O3S. The Morgan fingerprint density at radius 3 is 2.85 bits per heavy atom. The van der Waals surface area contributed by atoms with Gasteiger partial charge in [-0.3, -0.25) is 19.1 Å². The van der Waals surface area contributed by atoms with Crippen LogP contribution in [0.5, 0.6) is 5.75 Å². The first-order chi connectivity index (χ1) is 16.1. The maximum absolute atomic E-state index is 12.8. The van der Waals surface area contributed by atoms with Crippen molar-refractivity contribution in [1.82, 2.24) is 14.8 Å². The summed E-state index contributed by atoms with van der Waals surface area (Å²) in [6.45, 7) is 5.91. The molecule has 3 rings (SSSR count). The number of ether oxygens (including phenoxy) is 1. The van der Waals surface area contributed by atoms with Gasteiger partial charge in [0.2, 0.25) is 0 Å². The lowest BCUT2D eigenvalue weighted by atomic mass is 10.3. The number of rotatable bonds is 9. The number of nitriles is 1. The van der Waals surface area contributed by atoms with Gasteiger partial charge in [0.25, 0.3) is 11.5 Å². The van der Waals surface area contributed by atoms with Crippen LogP contribution in [0.25, 0.3) is 11.8 Å². The smallest absolute Gasteiger partial charge is 0.270 e. The third-order valence-corrected chi connectivity index (χ3v) is 6.34. The molecule has 1 aromatic carbocycles. The molecule has 33 heavy (non-hydrogen) atoms. The fourth-order valence-corrected chi connectivity index (χ4v) is 4.62. The molecule has 0 saturated carbocycles. The summed E-state index contributed by atoms with van der Waals surface area (Å²) in [7, 11) is 0. The van der Waals surface area contributed by atoms with Crippen LogP contribution in [-0.2, 0) is 11.3 Å². The Kier molecular flexibility index (Phi) is 8.71. The average molecular weight is 466 g/mol.